The Hall–Kier alpha value is -1.51. The Morgan fingerprint density at radius 2 is 1.83 bits per heavy atom. The minimum absolute atomic E-state index is 0.128. The number of anilines is 1. The molecule has 3 nitrogen and oxygen atoms in total. The van der Waals surface area contributed by atoms with Gasteiger partial charge in [-0.2, -0.15) is 0 Å². The smallest absolute Gasteiger partial charge is 0.255 e. The van der Waals surface area contributed by atoms with Gasteiger partial charge in [-0.15, -0.1) is 0 Å². The third kappa shape index (κ3) is 3.49. The highest BCUT2D eigenvalue weighted by molar-refractivity contribution is 5.99. The number of benzene rings is 1. The maximum Gasteiger partial charge on any atom is 0.255 e. The average Bonchev–Trinajstić information content (AvgIpc) is 2.37. The van der Waals surface area contributed by atoms with Crippen molar-refractivity contribution in [3.8, 4) is 0 Å². The van der Waals surface area contributed by atoms with Crippen LogP contribution in [0.25, 0.3) is 0 Å². The van der Waals surface area contributed by atoms with Gasteiger partial charge in [-0.25, -0.2) is 0 Å². The summed E-state index contributed by atoms with van der Waals surface area (Å²) in [5.74, 6) is 0.128. The van der Waals surface area contributed by atoms with Crippen LogP contribution in [0.4, 0.5) is 5.69 Å². The number of amides is 1. The van der Waals surface area contributed by atoms with Crippen molar-refractivity contribution in [3.05, 3.63) is 29.3 Å². The SMILES string of the molecule is CCCN(CCC)C(=O)c1ccc(C)cc1NC. The molecule has 18 heavy (non-hydrogen) atoms. The van der Waals surface area contributed by atoms with E-state index >= 15 is 0 Å². The number of nitrogens with zero attached hydrogens (tertiary/aromatic N) is 1. The second kappa shape index (κ2) is 7.04. The van der Waals surface area contributed by atoms with Crippen LogP contribution in [0.15, 0.2) is 18.2 Å². The fraction of sp³-hybridized carbons (Fsp3) is 0.533. The molecule has 0 fully saturated rings. The zero-order valence-corrected chi connectivity index (χ0v) is 11.9. The number of aryl methyl sites for hydroxylation is 1. The summed E-state index contributed by atoms with van der Waals surface area (Å²) in [4.78, 5) is 14.4. The van der Waals surface area contributed by atoms with Gasteiger partial charge in [0.05, 0.1) is 5.56 Å². The zero-order valence-electron chi connectivity index (χ0n) is 11.9. The van der Waals surface area contributed by atoms with Gasteiger partial charge in [-0.05, 0) is 37.5 Å². The van der Waals surface area contributed by atoms with Gasteiger partial charge in [-0.3, -0.25) is 4.79 Å². The average molecular weight is 248 g/mol. The maximum atomic E-state index is 12.5. The molecule has 1 aromatic rings. The van der Waals surface area contributed by atoms with Crippen molar-refractivity contribution in [3.63, 3.8) is 0 Å². The Morgan fingerprint density at radius 3 is 2.33 bits per heavy atom. The molecule has 1 rings (SSSR count). The van der Waals surface area contributed by atoms with E-state index in [0.29, 0.717) is 0 Å². The first-order valence-corrected chi connectivity index (χ1v) is 6.71. The highest BCUT2D eigenvalue weighted by Gasteiger charge is 2.17. The van der Waals surface area contributed by atoms with E-state index in [2.05, 4.69) is 19.2 Å². The summed E-state index contributed by atoms with van der Waals surface area (Å²) in [6, 6.07) is 5.93. The topological polar surface area (TPSA) is 32.3 Å². The van der Waals surface area contributed by atoms with Crippen LogP contribution in [0.2, 0.25) is 0 Å². The summed E-state index contributed by atoms with van der Waals surface area (Å²) < 4.78 is 0. The summed E-state index contributed by atoms with van der Waals surface area (Å²) >= 11 is 0. The molecule has 0 saturated carbocycles. The molecule has 1 amide bonds. The second-order valence-corrected chi connectivity index (χ2v) is 4.59. The molecule has 0 aliphatic carbocycles. The molecule has 0 saturated heterocycles. The largest absolute Gasteiger partial charge is 0.387 e. The van der Waals surface area contributed by atoms with E-state index in [9.17, 15) is 4.79 Å². The van der Waals surface area contributed by atoms with Crippen molar-refractivity contribution in [1.82, 2.24) is 4.90 Å². The van der Waals surface area contributed by atoms with Gasteiger partial charge >= 0.3 is 0 Å². The first-order chi connectivity index (χ1) is 8.63. The van der Waals surface area contributed by atoms with E-state index in [0.717, 1.165) is 42.7 Å². The van der Waals surface area contributed by atoms with Crippen LogP contribution in [0.3, 0.4) is 0 Å². The lowest BCUT2D eigenvalue weighted by molar-refractivity contribution is 0.0756. The highest BCUT2D eigenvalue weighted by atomic mass is 16.2. The Morgan fingerprint density at radius 1 is 1.22 bits per heavy atom. The van der Waals surface area contributed by atoms with Crippen LogP contribution in [0.1, 0.15) is 42.6 Å². The van der Waals surface area contributed by atoms with Crippen molar-refractivity contribution in [2.75, 3.05) is 25.5 Å². The Bertz CT molecular complexity index is 395. The molecule has 1 N–H and O–H groups in total. The van der Waals surface area contributed by atoms with Crippen LogP contribution in [-0.2, 0) is 0 Å². The van der Waals surface area contributed by atoms with Crippen molar-refractivity contribution in [2.45, 2.75) is 33.6 Å². The first kappa shape index (κ1) is 14.6. The van der Waals surface area contributed by atoms with E-state index in [4.69, 9.17) is 0 Å². The number of hydrogen-bond donors (Lipinski definition) is 1. The standard InChI is InChI=1S/C15H24N2O/c1-5-9-17(10-6-2)15(18)13-8-7-12(3)11-14(13)16-4/h7-8,11,16H,5-6,9-10H2,1-4H3. The summed E-state index contributed by atoms with van der Waals surface area (Å²) in [6.45, 7) is 7.88. The predicted octanol–water partition coefficient (Wildman–Crippen LogP) is 3.30. The Labute approximate surface area is 110 Å². The third-order valence-electron chi connectivity index (χ3n) is 2.95. The van der Waals surface area contributed by atoms with Crippen molar-refractivity contribution in [2.24, 2.45) is 0 Å². The molecule has 0 aliphatic rings. The van der Waals surface area contributed by atoms with Crippen LogP contribution >= 0.6 is 0 Å². The summed E-state index contributed by atoms with van der Waals surface area (Å²) in [7, 11) is 1.86. The minimum Gasteiger partial charge on any atom is -0.387 e. The fourth-order valence-corrected chi connectivity index (χ4v) is 2.08. The van der Waals surface area contributed by atoms with Crippen molar-refractivity contribution < 1.29 is 4.79 Å². The van der Waals surface area contributed by atoms with E-state index in [1.54, 1.807) is 0 Å². The predicted molar refractivity (Wildman–Crippen MR) is 77.2 cm³/mol. The molecule has 3 heteroatoms. The fourth-order valence-electron chi connectivity index (χ4n) is 2.08. The van der Waals surface area contributed by atoms with Crippen LogP contribution in [0, 0.1) is 6.92 Å². The molecule has 0 bridgehead atoms. The number of rotatable bonds is 6. The lowest BCUT2D eigenvalue weighted by Crippen LogP contribution is -2.32. The number of hydrogen-bond acceptors (Lipinski definition) is 2. The molecular weight excluding hydrogens is 224 g/mol. The lowest BCUT2D eigenvalue weighted by Gasteiger charge is -2.23. The lowest BCUT2D eigenvalue weighted by atomic mass is 10.1. The molecule has 1 aromatic carbocycles. The van der Waals surface area contributed by atoms with Gasteiger partial charge in [0.15, 0.2) is 0 Å². The minimum atomic E-state index is 0.128. The number of nitrogens with one attached hydrogen (secondary N) is 1. The quantitative estimate of drug-likeness (QED) is 0.837. The number of carbonyl (C=O) groups is 1. The molecule has 0 aromatic heterocycles. The molecule has 0 radical (unpaired) electrons. The monoisotopic (exact) mass is 248 g/mol. The molecule has 100 valence electrons. The van der Waals surface area contributed by atoms with E-state index in [1.165, 1.54) is 0 Å². The van der Waals surface area contributed by atoms with Gasteiger partial charge in [0.2, 0.25) is 0 Å². The molecule has 0 aliphatic heterocycles. The normalized spacial score (nSPS) is 10.2. The molecule has 0 spiro atoms. The van der Waals surface area contributed by atoms with Gasteiger partial charge in [0.1, 0.15) is 0 Å². The summed E-state index contributed by atoms with van der Waals surface area (Å²) in [5.41, 5.74) is 2.84. The van der Waals surface area contributed by atoms with Gasteiger partial charge in [0.25, 0.3) is 5.91 Å². The van der Waals surface area contributed by atoms with E-state index in [1.807, 2.05) is 37.1 Å². The maximum absolute atomic E-state index is 12.5. The third-order valence-corrected chi connectivity index (χ3v) is 2.95. The first-order valence-electron chi connectivity index (χ1n) is 6.71. The molecule has 0 unspecified atom stereocenters. The zero-order chi connectivity index (χ0) is 13.5. The Balaban J connectivity index is 3.00. The Kier molecular flexibility index (Phi) is 5.69. The van der Waals surface area contributed by atoms with E-state index < -0.39 is 0 Å². The molecule has 0 heterocycles. The van der Waals surface area contributed by atoms with Gasteiger partial charge in [-0.1, -0.05) is 19.9 Å². The summed E-state index contributed by atoms with van der Waals surface area (Å²) in [5, 5.41) is 3.11. The van der Waals surface area contributed by atoms with Gasteiger partial charge < -0.3 is 10.2 Å². The number of carbonyl (C=O) groups excluding carboxylic acids is 1. The molecular formula is C15H24N2O. The highest BCUT2D eigenvalue weighted by Crippen LogP contribution is 2.19. The van der Waals surface area contributed by atoms with Crippen molar-refractivity contribution >= 4 is 11.6 Å². The van der Waals surface area contributed by atoms with Crippen LogP contribution in [-0.4, -0.2) is 30.9 Å². The van der Waals surface area contributed by atoms with E-state index in [-0.39, 0.29) is 5.91 Å². The van der Waals surface area contributed by atoms with Crippen LogP contribution in [0.5, 0.6) is 0 Å². The molecule has 0 atom stereocenters. The van der Waals surface area contributed by atoms with Crippen molar-refractivity contribution in [1.29, 1.82) is 0 Å². The summed E-state index contributed by atoms with van der Waals surface area (Å²) in [6.07, 6.45) is 1.99. The van der Waals surface area contributed by atoms with Gasteiger partial charge in [0, 0.05) is 25.8 Å². The second-order valence-electron chi connectivity index (χ2n) is 4.59. The van der Waals surface area contributed by atoms with Crippen LogP contribution < -0.4 is 5.32 Å².